The van der Waals surface area contributed by atoms with Crippen LogP contribution in [0.4, 0.5) is 9.18 Å². The highest BCUT2D eigenvalue weighted by Gasteiger charge is 1.84. The van der Waals surface area contributed by atoms with E-state index in [1.165, 1.54) is 0 Å². The molecule has 0 atom stereocenters. The van der Waals surface area contributed by atoms with Gasteiger partial charge in [-0.3, -0.25) is 15.8 Å². The van der Waals surface area contributed by atoms with Crippen LogP contribution in [0.3, 0.4) is 0 Å². The number of amides is 2. The van der Waals surface area contributed by atoms with Crippen LogP contribution in [0.2, 0.25) is 0 Å². The maximum absolute atomic E-state index is 11.7. The van der Waals surface area contributed by atoms with E-state index >= 15 is 0 Å². The lowest BCUT2D eigenvalue weighted by Gasteiger charge is -1.90. The van der Waals surface area contributed by atoms with Gasteiger partial charge in [-0.1, -0.05) is 6.07 Å². The van der Waals surface area contributed by atoms with E-state index in [0.29, 0.717) is 5.69 Å². The van der Waals surface area contributed by atoms with Crippen LogP contribution in [0, 0.1) is 0 Å². The van der Waals surface area contributed by atoms with Crippen LogP contribution in [0.15, 0.2) is 24.4 Å². The van der Waals surface area contributed by atoms with Gasteiger partial charge in [0.25, 0.3) is 0 Å². The third-order valence-corrected chi connectivity index (χ3v) is 1.13. The lowest BCUT2D eigenvalue weighted by Crippen LogP contribution is -2.43. The van der Waals surface area contributed by atoms with E-state index in [9.17, 15) is 9.18 Å². The van der Waals surface area contributed by atoms with Crippen molar-refractivity contribution in [1.29, 1.82) is 0 Å². The highest BCUT2D eigenvalue weighted by Crippen LogP contribution is 1.93. The first-order chi connectivity index (χ1) is 6.74. The first-order valence-corrected chi connectivity index (χ1v) is 3.67. The quantitative estimate of drug-likeness (QED) is 0.281. The molecule has 1 heterocycles. The van der Waals surface area contributed by atoms with Gasteiger partial charge in [0.1, 0.15) is 6.67 Å². The van der Waals surface area contributed by atoms with E-state index < -0.39 is 12.7 Å². The number of nitrogens with one attached hydrogen (secondary N) is 2. The molecule has 0 unspecified atom stereocenters. The van der Waals surface area contributed by atoms with Crippen molar-refractivity contribution in [1.82, 2.24) is 15.8 Å². The van der Waals surface area contributed by atoms with Crippen LogP contribution in [0.25, 0.3) is 0 Å². The van der Waals surface area contributed by atoms with Gasteiger partial charge in [-0.2, -0.15) is 0 Å². The molecule has 0 radical (unpaired) electrons. The van der Waals surface area contributed by atoms with E-state index in [1.54, 1.807) is 35.2 Å². The molecule has 0 spiro atoms. The molecule has 6 N–H and O–H groups in total. The molecule has 0 saturated heterocycles. The van der Waals surface area contributed by atoms with Crippen LogP contribution in [0.1, 0.15) is 5.69 Å². The molecule has 1 aromatic rings. The van der Waals surface area contributed by atoms with Gasteiger partial charge >= 0.3 is 6.03 Å². The molecule has 0 saturated carbocycles. The van der Waals surface area contributed by atoms with Gasteiger partial charge < -0.3 is 0 Å². The van der Waals surface area contributed by atoms with Gasteiger partial charge in [-0.05, 0) is 12.1 Å². The van der Waals surface area contributed by atoms with Crippen LogP contribution < -0.4 is 22.5 Å². The predicted octanol–water partition coefficient (Wildman–Crippen LogP) is -0.416. The Bertz CT molecular complexity index is 250. The third-order valence-electron chi connectivity index (χ3n) is 1.13. The number of nitrogens with two attached hydrogens (primary N) is 2. The number of halogens is 1. The fourth-order valence-electron chi connectivity index (χ4n) is 0.519. The first-order valence-electron chi connectivity index (χ1n) is 3.67. The van der Waals surface area contributed by atoms with Gasteiger partial charge in [0.05, 0.1) is 5.69 Å². The molecule has 0 aliphatic rings. The Morgan fingerprint density at radius 2 is 2.07 bits per heavy atom. The number of carbonyl (C=O) groups excluding carboxylic acids is 1. The minimum atomic E-state index is -0.602. The number of aromatic nitrogens is 1. The van der Waals surface area contributed by atoms with Gasteiger partial charge in [0.15, 0.2) is 0 Å². The molecule has 7 heteroatoms. The molecule has 0 aliphatic heterocycles. The molecule has 1 rings (SSSR count). The van der Waals surface area contributed by atoms with E-state index in [0.717, 1.165) is 0 Å². The average molecular weight is 201 g/mol. The summed E-state index contributed by atoms with van der Waals surface area (Å²) in [6.07, 6.45) is 1.58. The Labute approximate surface area is 80.4 Å². The first kappa shape index (κ1) is 12.3. The lowest BCUT2D eigenvalue weighted by atomic mass is 10.4. The van der Waals surface area contributed by atoms with E-state index in [-0.39, 0.29) is 0 Å². The minimum Gasteiger partial charge on any atom is -0.275 e. The monoisotopic (exact) mass is 201 g/mol. The molecule has 2 amide bonds. The zero-order chi connectivity index (χ0) is 10.8. The van der Waals surface area contributed by atoms with E-state index in [2.05, 4.69) is 16.7 Å². The molecule has 1 aromatic heterocycles. The van der Waals surface area contributed by atoms with Crippen molar-refractivity contribution in [2.45, 2.75) is 6.67 Å². The smallest absolute Gasteiger partial charge is 0.275 e. The zero-order valence-electron chi connectivity index (χ0n) is 7.40. The third kappa shape index (κ3) is 5.86. The summed E-state index contributed by atoms with van der Waals surface area (Å²) in [7, 11) is 0. The number of rotatable bonds is 1. The predicted molar refractivity (Wildman–Crippen MR) is 49.1 cm³/mol. The number of urea groups is 1. The molecule has 0 fully saturated rings. The summed E-state index contributed by atoms with van der Waals surface area (Å²) >= 11 is 0. The topological polar surface area (TPSA) is 106 Å². The van der Waals surface area contributed by atoms with Crippen LogP contribution in [0.5, 0.6) is 0 Å². The van der Waals surface area contributed by atoms with Crippen LogP contribution in [-0.4, -0.2) is 11.0 Å². The number of hydrazine groups is 2. The summed E-state index contributed by atoms with van der Waals surface area (Å²) in [6.45, 7) is -0.471. The lowest BCUT2D eigenvalue weighted by molar-refractivity contribution is 0.241. The second kappa shape index (κ2) is 7.90. The fraction of sp³-hybridized carbons (Fsp3) is 0.143. The summed E-state index contributed by atoms with van der Waals surface area (Å²) in [5.74, 6) is 9.08. The van der Waals surface area contributed by atoms with Gasteiger partial charge in [0.2, 0.25) is 0 Å². The second-order valence-electron chi connectivity index (χ2n) is 2.07. The van der Waals surface area contributed by atoms with Crippen molar-refractivity contribution in [3.05, 3.63) is 30.1 Å². The second-order valence-corrected chi connectivity index (χ2v) is 2.07. The largest absolute Gasteiger partial charge is 0.343 e. The summed E-state index contributed by atoms with van der Waals surface area (Å²) in [6, 6.07) is 4.58. The molecule has 6 nitrogen and oxygen atoms in total. The SMILES string of the molecule is FCc1ccccn1.NNC(=O)NN. The minimum absolute atomic E-state index is 0.471. The Morgan fingerprint density at radius 3 is 2.29 bits per heavy atom. The van der Waals surface area contributed by atoms with Gasteiger partial charge in [-0.25, -0.2) is 20.9 Å². The number of hydrogen-bond donors (Lipinski definition) is 4. The standard InChI is InChI=1S/C6H6FN.CH6N4O/c7-5-6-3-1-2-4-8-6;2-4-1(6)5-3/h1-4H,5H2;2-3H2,(H2,4,5,6). The van der Waals surface area contributed by atoms with Crippen molar-refractivity contribution < 1.29 is 9.18 Å². The maximum Gasteiger partial charge on any atom is 0.343 e. The Morgan fingerprint density at radius 1 is 1.43 bits per heavy atom. The van der Waals surface area contributed by atoms with E-state index in [1.807, 2.05) is 0 Å². The molecular weight excluding hydrogens is 189 g/mol. The normalized spacial score (nSPS) is 8.21. The van der Waals surface area contributed by atoms with Crippen molar-refractivity contribution in [3.8, 4) is 0 Å². The Hall–Kier alpha value is -1.73. The molecular formula is C7H12FN5O. The van der Waals surface area contributed by atoms with Crippen molar-refractivity contribution >= 4 is 6.03 Å². The van der Waals surface area contributed by atoms with Crippen molar-refractivity contribution in [2.75, 3.05) is 0 Å². The molecule has 0 aromatic carbocycles. The summed E-state index contributed by atoms with van der Waals surface area (Å²) in [5, 5.41) is 0. The van der Waals surface area contributed by atoms with Crippen molar-refractivity contribution in [2.24, 2.45) is 11.7 Å². The zero-order valence-corrected chi connectivity index (χ0v) is 7.40. The van der Waals surface area contributed by atoms with Crippen LogP contribution in [-0.2, 0) is 6.67 Å². The molecule has 14 heavy (non-hydrogen) atoms. The maximum atomic E-state index is 11.7. The fourth-order valence-corrected chi connectivity index (χ4v) is 0.519. The highest BCUT2D eigenvalue weighted by molar-refractivity contribution is 5.72. The Balaban J connectivity index is 0.000000255. The van der Waals surface area contributed by atoms with Gasteiger partial charge in [0, 0.05) is 6.20 Å². The summed E-state index contributed by atoms with van der Waals surface area (Å²) < 4.78 is 11.7. The molecule has 0 aliphatic carbocycles. The Kier molecular flexibility index (Phi) is 6.92. The number of pyridine rings is 1. The van der Waals surface area contributed by atoms with Gasteiger partial charge in [-0.15, -0.1) is 0 Å². The average Bonchev–Trinajstić information content (AvgIpc) is 2.30. The highest BCUT2D eigenvalue weighted by atomic mass is 19.1. The number of alkyl halides is 1. The summed E-state index contributed by atoms with van der Waals surface area (Å²) in [5.41, 5.74) is 3.97. The number of nitrogens with zero attached hydrogens (tertiary/aromatic N) is 1. The number of carbonyl (C=O) groups is 1. The summed E-state index contributed by atoms with van der Waals surface area (Å²) in [4.78, 5) is 13.4. The molecule has 78 valence electrons. The molecule has 0 bridgehead atoms. The number of hydrogen-bond acceptors (Lipinski definition) is 4. The van der Waals surface area contributed by atoms with Crippen molar-refractivity contribution in [3.63, 3.8) is 0 Å². The van der Waals surface area contributed by atoms with Crippen LogP contribution >= 0.6 is 0 Å². The van der Waals surface area contributed by atoms with E-state index in [4.69, 9.17) is 0 Å².